The highest BCUT2D eigenvalue weighted by atomic mass is 16.5. The molecule has 2 aliphatic heterocycles. The van der Waals surface area contributed by atoms with Gasteiger partial charge in [-0.1, -0.05) is 12.5 Å². The minimum atomic E-state index is -0.155. The van der Waals surface area contributed by atoms with Gasteiger partial charge in [0.1, 0.15) is 5.75 Å². The van der Waals surface area contributed by atoms with Crippen LogP contribution in [-0.4, -0.2) is 24.5 Å². The Balaban J connectivity index is 1.94. The van der Waals surface area contributed by atoms with E-state index in [1.54, 1.807) is 7.11 Å². The Hall–Kier alpha value is -1.77. The van der Waals surface area contributed by atoms with Gasteiger partial charge < -0.3 is 9.64 Å². The number of hydrogen-bond acceptors (Lipinski definition) is 2. The number of hydrogen-bond donors (Lipinski definition) is 0. The number of carbonyl (C=O) groups excluding carboxylic acids is 1. The fraction of sp³-hybridized carbons (Fsp3) is 0.471. The van der Waals surface area contributed by atoms with Crippen LogP contribution in [0.1, 0.15) is 36.8 Å². The van der Waals surface area contributed by atoms with Crippen molar-refractivity contribution in [3.63, 3.8) is 0 Å². The number of benzene rings is 1. The second-order valence-corrected chi connectivity index (χ2v) is 6.00. The summed E-state index contributed by atoms with van der Waals surface area (Å²) in [5.74, 6) is 1.10. The Labute approximate surface area is 119 Å². The molecule has 1 aromatic carbocycles. The quantitative estimate of drug-likeness (QED) is 0.784. The highest BCUT2D eigenvalue weighted by molar-refractivity contribution is 5.94. The molecule has 2 heterocycles. The summed E-state index contributed by atoms with van der Waals surface area (Å²) in [5, 5.41) is 0. The molecule has 1 spiro atoms. The number of ether oxygens (including phenoxy) is 1. The lowest BCUT2D eigenvalue weighted by molar-refractivity contribution is -0.130. The van der Waals surface area contributed by atoms with E-state index in [2.05, 4.69) is 17.0 Å². The van der Waals surface area contributed by atoms with Crippen molar-refractivity contribution < 1.29 is 9.53 Å². The van der Waals surface area contributed by atoms with Crippen molar-refractivity contribution in [1.29, 1.82) is 0 Å². The molecule has 0 N–H and O–H groups in total. The predicted molar refractivity (Wildman–Crippen MR) is 76.6 cm³/mol. The van der Waals surface area contributed by atoms with E-state index in [0.29, 0.717) is 0 Å². The van der Waals surface area contributed by atoms with Crippen molar-refractivity contribution in [3.8, 4) is 5.75 Å². The van der Waals surface area contributed by atoms with E-state index >= 15 is 0 Å². The van der Waals surface area contributed by atoms with E-state index in [1.165, 1.54) is 29.5 Å². The first-order valence-electron chi connectivity index (χ1n) is 7.46. The van der Waals surface area contributed by atoms with Gasteiger partial charge in [-0.2, -0.15) is 0 Å². The van der Waals surface area contributed by atoms with Gasteiger partial charge in [0.15, 0.2) is 0 Å². The second kappa shape index (κ2) is 4.11. The van der Waals surface area contributed by atoms with Crippen LogP contribution in [0.3, 0.4) is 0 Å². The molecular weight excluding hydrogens is 250 g/mol. The van der Waals surface area contributed by atoms with Gasteiger partial charge in [-0.15, -0.1) is 0 Å². The maximum absolute atomic E-state index is 12.4. The molecule has 1 atom stereocenters. The molecule has 3 heteroatoms. The number of carbonyl (C=O) groups is 1. The third-order valence-electron chi connectivity index (χ3n) is 5.16. The SMILES string of the molecule is COc1ccc2c(c1)C13CCCCC1=CC(=O)N3CC2. The summed E-state index contributed by atoms with van der Waals surface area (Å²) in [5.41, 5.74) is 3.85. The third kappa shape index (κ3) is 1.38. The van der Waals surface area contributed by atoms with Crippen molar-refractivity contribution in [3.05, 3.63) is 41.0 Å². The monoisotopic (exact) mass is 269 g/mol. The summed E-state index contributed by atoms with van der Waals surface area (Å²) in [6, 6.07) is 6.36. The highest BCUT2D eigenvalue weighted by Gasteiger charge is 2.51. The molecule has 0 saturated heterocycles. The van der Waals surface area contributed by atoms with Gasteiger partial charge in [-0.3, -0.25) is 4.79 Å². The van der Waals surface area contributed by atoms with Gasteiger partial charge in [0.2, 0.25) is 5.91 Å². The van der Waals surface area contributed by atoms with E-state index in [1.807, 2.05) is 12.1 Å². The molecule has 0 radical (unpaired) electrons. The van der Waals surface area contributed by atoms with Gasteiger partial charge >= 0.3 is 0 Å². The minimum absolute atomic E-state index is 0.155. The lowest BCUT2D eigenvalue weighted by atomic mass is 9.70. The average Bonchev–Trinajstić information content (AvgIpc) is 2.79. The standard InChI is InChI=1S/C17H19NO2/c1-20-14-6-5-12-7-9-18-16(19)10-13-4-2-3-8-17(13,18)15(12)11-14/h5-6,10-11H,2-4,7-9H2,1H3. The molecule has 1 aromatic rings. The lowest BCUT2D eigenvalue weighted by Gasteiger charge is -2.48. The first kappa shape index (κ1) is 12.0. The van der Waals surface area contributed by atoms with Gasteiger partial charge in [0, 0.05) is 12.6 Å². The minimum Gasteiger partial charge on any atom is -0.497 e. The fourth-order valence-corrected chi connectivity index (χ4v) is 4.25. The highest BCUT2D eigenvalue weighted by Crippen LogP contribution is 2.52. The Morgan fingerprint density at radius 3 is 3.00 bits per heavy atom. The largest absolute Gasteiger partial charge is 0.497 e. The van der Waals surface area contributed by atoms with E-state index < -0.39 is 0 Å². The van der Waals surface area contributed by atoms with E-state index in [4.69, 9.17) is 4.74 Å². The summed E-state index contributed by atoms with van der Waals surface area (Å²) in [4.78, 5) is 14.5. The first-order valence-corrected chi connectivity index (χ1v) is 7.46. The number of nitrogens with zero attached hydrogens (tertiary/aromatic N) is 1. The zero-order valence-corrected chi connectivity index (χ0v) is 11.8. The molecule has 1 aliphatic carbocycles. The molecule has 4 rings (SSSR count). The van der Waals surface area contributed by atoms with Gasteiger partial charge in [0.25, 0.3) is 0 Å². The summed E-state index contributed by atoms with van der Waals surface area (Å²) >= 11 is 0. The van der Waals surface area contributed by atoms with Gasteiger partial charge in [-0.25, -0.2) is 0 Å². The third-order valence-corrected chi connectivity index (χ3v) is 5.16. The number of amides is 1. The molecule has 3 aliphatic rings. The van der Waals surface area contributed by atoms with Crippen molar-refractivity contribution in [2.45, 2.75) is 37.6 Å². The van der Waals surface area contributed by atoms with Crippen molar-refractivity contribution in [2.75, 3.05) is 13.7 Å². The number of fused-ring (bicyclic) bond motifs is 1. The van der Waals surface area contributed by atoms with Crippen LogP contribution in [0.2, 0.25) is 0 Å². The molecular formula is C17H19NO2. The van der Waals surface area contributed by atoms with Crippen LogP contribution in [0.5, 0.6) is 5.75 Å². The normalized spacial score (nSPS) is 27.6. The maximum Gasteiger partial charge on any atom is 0.247 e. The summed E-state index contributed by atoms with van der Waals surface area (Å²) in [7, 11) is 1.71. The smallest absolute Gasteiger partial charge is 0.247 e. The Kier molecular flexibility index (Phi) is 2.47. The van der Waals surface area contributed by atoms with E-state index in [9.17, 15) is 4.79 Å². The van der Waals surface area contributed by atoms with Crippen molar-refractivity contribution in [2.24, 2.45) is 0 Å². The topological polar surface area (TPSA) is 29.5 Å². The number of rotatable bonds is 1. The molecule has 0 bridgehead atoms. The van der Waals surface area contributed by atoms with Crippen LogP contribution in [0.15, 0.2) is 29.8 Å². The van der Waals surface area contributed by atoms with Crippen molar-refractivity contribution in [1.82, 2.24) is 4.90 Å². The molecule has 1 unspecified atom stereocenters. The Morgan fingerprint density at radius 1 is 1.25 bits per heavy atom. The maximum atomic E-state index is 12.4. The van der Waals surface area contributed by atoms with Crippen molar-refractivity contribution >= 4 is 5.91 Å². The predicted octanol–water partition coefficient (Wildman–Crippen LogP) is 2.79. The lowest BCUT2D eigenvalue weighted by Crippen LogP contribution is -2.51. The van der Waals surface area contributed by atoms with E-state index in [-0.39, 0.29) is 11.4 Å². The van der Waals surface area contributed by atoms with Gasteiger partial charge in [-0.05, 0) is 54.5 Å². The van der Waals surface area contributed by atoms with Crippen LogP contribution in [0.4, 0.5) is 0 Å². The van der Waals surface area contributed by atoms with Crippen LogP contribution in [0.25, 0.3) is 0 Å². The van der Waals surface area contributed by atoms with Crippen LogP contribution >= 0.6 is 0 Å². The van der Waals surface area contributed by atoms with Crippen LogP contribution in [0, 0.1) is 0 Å². The molecule has 1 saturated carbocycles. The van der Waals surface area contributed by atoms with Crippen LogP contribution in [-0.2, 0) is 16.8 Å². The molecule has 1 amide bonds. The molecule has 0 aromatic heterocycles. The molecule has 1 fully saturated rings. The molecule has 104 valence electrons. The molecule has 20 heavy (non-hydrogen) atoms. The molecule has 3 nitrogen and oxygen atoms in total. The van der Waals surface area contributed by atoms with E-state index in [0.717, 1.165) is 31.6 Å². The zero-order chi connectivity index (χ0) is 13.7. The Morgan fingerprint density at radius 2 is 2.15 bits per heavy atom. The summed E-state index contributed by atoms with van der Waals surface area (Å²) in [6.07, 6.45) is 7.36. The zero-order valence-electron chi connectivity index (χ0n) is 11.8. The average molecular weight is 269 g/mol. The second-order valence-electron chi connectivity index (χ2n) is 6.00. The van der Waals surface area contributed by atoms with Gasteiger partial charge in [0.05, 0.1) is 12.6 Å². The number of methoxy groups -OCH3 is 1. The Bertz CT molecular complexity index is 619. The fourth-order valence-electron chi connectivity index (χ4n) is 4.25. The first-order chi connectivity index (χ1) is 9.75. The summed E-state index contributed by atoms with van der Waals surface area (Å²) in [6.45, 7) is 0.845. The van der Waals surface area contributed by atoms with Crippen LogP contribution < -0.4 is 4.74 Å². The summed E-state index contributed by atoms with van der Waals surface area (Å²) < 4.78 is 5.41.